The van der Waals surface area contributed by atoms with Crippen LogP contribution >= 0.6 is 11.3 Å². The van der Waals surface area contributed by atoms with Gasteiger partial charge in [0.2, 0.25) is 0 Å². The number of aromatic nitrogens is 2. The number of nitrogens with zero attached hydrogens (tertiary/aromatic N) is 2. The molecule has 0 saturated carbocycles. The number of aryl methyl sites for hydroxylation is 2. The van der Waals surface area contributed by atoms with Crippen LogP contribution in [-0.2, 0) is 22.6 Å². The quantitative estimate of drug-likeness (QED) is 0.667. The second-order valence-corrected chi connectivity index (χ2v) is 6.58. The van der Waals surface area contributed by atoms with E-state index < -0.39 is 5.97 Å². The number of aromatic hydroxyl groups is 1. The molecule has 8 heteroatoms. The fourth-order valence-electron chi connectivity index (χ4n) is 2.54. The molecule has 2 aromatic heterocycles. The zero-order valence-corrected chi connectivity index (χ0v) is 15.2. The van der Waals surface area contributed by atoms with Gasteiger partial charge >= 0.3 is 5.97 Å². The average Bonchev–Trinajstić information content (AvgIpc) is 2.99. The van der Waals surface area contributed by atoms with Crippen molar-refractivity contribution in [3.05, 3.63) is 57.0 Å². The molecule has 7 nitrogen and oxygen atoms in total. The Hall–Kier alpha value is -2.87. The van der Waals surface area contributed by atoms with Crippen LogP contribution in [0, 0.1) is 6.92 Å². The van der Waals surface area contributed by atoms with Crippen molar-refractivity contribution in [2.24, 2.45) is 0 Å². The standard InChI is InChI=1S/C18H18N2O5S/c1-11-10-26-18-19-13(8-16(22)20(11)18)9-25-17(23)6-4-12-3-5-15(24-2)14(21)7-12/h3,5,7-8,10,21H,4,6,9H2,1-2H3. The Balaban J connectivity index is 1.57. The highest BCUT2D eigenvalue weighted by Crippen LogP contribution is 2.26. The SMILES string of the molecule is COc1ccc(CCC(=O)OCc2cc(=O)n3c(C)csc3n2)cc1O. The van der Waals surface area contributed by atoms with Gasteiger partial charge in [-0.15, -0.1) is 11.3 Å². The highest BCUT2D eigenvalue weighted by Gasteiger charge is 2.10. The number of hydrogen-bond donors (Lipinski definition) is 1. The molecule has 3 rings (SSSR count). The molecule has 0 amide bonds. The molecule has 0 spiro atoms. The number of ether oxygens (including phenoxy) is 2. The van der Waals surface area contributed by atoms with Gasteiger partial charge in [0.25, 0.3) is 5.56 Å². The van der Waals surface area contributed by atoms with Gasteiger partial charge in [-0.05, 0) is 31.0 Å². The summed E-state index contributed by atoms with van der Waals surface area (Å²) in [5, 5.41) is 11.6. The van der Waals surface area contributed by atoms with Crippen LogP contribution in [0.5, 0.6) is 11.5 Å². The molecule has 2 heterocycles. The number of hydrogen-bond acceptors (Lipinski definition) is 7. The van der Waals surface area contributed by atoms with Crippen molar-refractivity contribution in [3.63, 3.8) is 0 Å². The second-order valence-electron chi connectivity index (χ2n) is 5.75. The summed E-state index contributed by atoms with van der Waals surface area (Å²) in [4.78, 5) is 28.9. The number of rotatable bonds is 6. The number of carbonyl (C=O) groups is 1. The second kappa shape index (κ2) is 7.57. The molecule has 3 aromatic rings. The van der Waals surface area contributed by atoms with Gasteiger partial charge in [0.05, 0.1) is 12.8 Å². The van der Waals surface area contributed by atoms with Crippen molar-refractivity contribution in [1.29, 1.82) is 0 Å². The maximum Gasteiger partial charge on any atom is 0.306 e. The summed E-state index contributed by atoms with van der Waals surface area (Å²) in [7, 11) is 1.47. The van der Waals surface area contributed by atoms with E-state index in [1.54, 1.807) is 18.2 Å². The van der Waals surface area contributed by atoms with Crippen LogP contribution in [0.1, 0.15) is 23.4 Å². The van der Waals surface area contributed by atoms with Gasteiger partial charge in [-0.3, -0.25) is 14.0 Å². The van der Waals surface area contributed by atoms with E-state index in [1.165, 1.54) is 28.9 Å². The van der Waals surface area contributed by atoms with Gasteiger partial charge in [-0.25, -0.2) is 4.98 Å². The molecule has 0 unspecified atom stereocenters. The van der Waals surface area contributed by atoms with Gasteiger partial charge in [0.15, 0.2) is 16.5 Å². The number of benzene rings is 1. The topological polar surface area (TPSA) is 90.1 Å². The first kappa shape index (κ1) is 17.9. The number of phenols is 1. The van der Waals surface area contributed by atoms with Gasteiger partial charge in [0.1, 0.15) is 6.61 Å². The smallest absolute Gasteiger partial charge is 0.306 e. The number of phenolic OH excluding ortho intramolecular Hbond substituents is 1. The first-order valence-corrected chi connectivity index (χ1v) is 8.84. The van der Waals surface area contributed by atoms with E-state index in [-0.39, 0.29) is 24.3 Å². The van der Waals surface area contributed by atoms with Crippen molar-refractivity contribution in [2.75, 3.05) is 7.11 Å². The lowest BCUT2D eigenvalue weighted by molar-refractivity contribution is -0.145. The van der Waals surface area contributed by atoms with E-state index in [0.29, 0.717) is 22.8 Å². The number of carbonyl (C=O) groups excluding carboxylic acids is 1. The Bertz CT molecular complexity index is 1010. The minimum absolute atomic E-state index is 0.0302. The molecular weight excluding hydrogens is 356 g/mol. The predicted molar refractivity (Wildman–Crippen MR) is 96.9 cm³/mol. The molecule has 0 radical (unpaired) electrons. The van der Waals surface area contributed by atoms with Crippen molar-refractivity contribution in [3.8, 4) is 11.5 Å². The third-order valence-corrected chi connectivity index (χ3v) is 4.81. The zero-order valence-electron chi connectivity index (χ0n) is 14.4. The van der Waals surface area contributed by atoms with E-state index in [1.807, 2.05) is 12.3 Å². The Labute approximate surface area is 153 Å². The molecule has 0 saturated heterocycles. The molecule has 0 atom stereocenters. The predicted octanol–water partition coefficient (Wildman–Crippen LogP) is 2.45. The third kappa shape index (κ3) is 3.85. The maximum atomic E-state index is 12.1. The zero-order chi connectivity index (χ0) is 18.7. The van der Waals surface area contributed by atoms with E-state index in [4.69, 9.17) is 9.47 Å². The molecular formula is C18H18N2O5S. The summed E-state index contributed by atoms with van der Waals surface area (Å²) in [5.74, 6) is 0.0140. The summed E-state index contributed by atoms with van der Waals surface area (Å²) in [5.41, 5.74) is 1.86. The molecule has 1 N–H and O–H groups in total. The monoisotopic (exact) mass is 374 g/mol. The van der Waals surface area contributed by atoms with Crippen LogP contribution in [0.2, 0.25) is 0 Å². The van der Waals surface area contributed by atoms with Gasteiger partial charge < -0.3 is 14.6 Å². The van der Waals surface area contributed by atoms with Gasteiger partial charge in [-0.1, -0.05) is 6.07 Å². The summed E-state index contributed by atoms with van der Waals surface area (Å²) >= 11 is 1.37. The van der Waals surface area contributed by atoms with Crippen LogP contribution in [0.4, 0.5) is 0 Å². The van der Waals surface area contributed by atoms with Crippen LogP contribution in [0.15, 0.2) is 34.4 Å². The summed E-state index contributed by atoms with van der Waals surface area (Å²) in [6.07, 6.45) is 0.584. The van der Waals surface area contributed by atoms with Crippen LogP contribution in [0.3, 0.4) is 0 Å². The highest BCUT2D eigenvalue weighted by atomic mass is 32.1. The molecule has 0 aliphatic rings. The number of esters is 1. The first-order valence-electron chi connectivity index (χ1n) is 7.96. The lowest BCUT2D eigenvalue weighted by Gasteiger charge is -2.07. The fourth-order valence-corrected chi connectivity index (χ4v) is 3.43. The van der Waals surface area contributed by atoms with Crippen molar-refractivity contribution >= 4 is 22.3 Å². The van der Waals surface area contributed by atoms with E-state index in [0.717, 1.165) is 11.3 Å². The van der Waals surface area contributed by atoms with Crippen molar-refractivity contribution in [2.45, 2.75) is 26.4 Å². The number of methoxy groups -OCH3 is 1. The Morgan fingerprint density at radius 3 is 2.88 bits per heavy atom. The molecule has 0 fully saturated rings. The van der Waals surface area contributed by atoms with Crippen LogP contribution < -0.4 is 10.3 Å². The Morgan fingerprint density at radius 1 is 1.35 bits per heavy atom. The average molecular weight is 374 g/mol. The molecule has 136 valence electrons. The Kier molecular flexibility index (Phi) is 5.22. The van der Waals surface area contributed by atoms with Crippen LogP contribution in [-0.4, -0.2) is 27.6 Å². The third-order valence-electron chi connectivity index (χ3n) is 3.87. The minimum Gasteiger partial charge on any atom is -0.504 e. The highest BCUT2D eigenvalue weighted by molar-refractivity contribution is 7.15. The molecule has 1 aromatic carbocycles. The normalized spacial score (nSPS) is 10.8. The van der Waals surface area contributed by atoms with Crippen molar-refractivity contribution < 1.29 is 19.4 Å². The van der Waals surface area contributed by atoms with E-state index in [2.05, 4.69) is 4.98 Å². The Morgan fingerprint density at radius 2 is 2.15 bits per heavy atom. The molecule has 26 heavy (non-hydrogen) atoms. The molecule has 0 aliphatic heterocycles. The largest absolute Gasteiger partial charge is 0.504 e. The lowest BCUT2D eigenvalue weighted by Crippen LogP contribution is -2.16. The molecule has 0 aliphatic carbocycles. The molecule has 0 bridgehead atoms. The van der Waals surface area contributed by atoms with Gasteiger partial charge in [-0.2, -0.15) is 0 Å². The van der Waals surface area contributed by atoms with E-state index >= 15 is 0 Å². The van der Waals surface area contributed by atoms with Crippen LogP contribution in [0.25, 0.3) is 4.96 Å². The fraction of sp³-hybridized carbons (Fsp3) is 0.278. The summed E-state index contributed by atoms with van der Waals surface area (Å²) in [6, 6.07) is 6.36. The first-order chi connectivity index (χ1) is 12.5. The number of thiazole rings is 1. The summed E-state index contributed by atoms with van der Waals surface area (Å²) in [6.45, 7) is 1.79. The minimum atomic E-state index is -0.398. The van der Waals surface area contributed by atoms with Gasteiger partial charge in [0, 0.05) is 23.6 Å². The summed E-state index contributed by atoms with van der Waals surface area (Å²) < 4.78 is 11.7. The lowest BCUT2D eigenvalue weighted by atomic mass is 10.1. The van der Waals surface area contributed by atoms with E-state index in [9.17, 15) is 14.7 Å². The maximum absolute atomic E-state index is 12.1. The van der Waals surface area contributed by atoms with Crippen molar-refractivity contribution in [1.82, 2.24) is 9.38 Å². The number of fused-ring (bicyclic) bond motifs is 1.